The summed E-state index contributed by atoms with van der Waals surface area (Å²) in [5.41, 5.74) is -0.0598. The van der Waals surface area contributed by atoms with Crippen LogP contribution in [-0.2, 0) is 12.8 Å². The SMILES string of the molecule is CCCCCCCCCCc1ccc(CCCCCCCCCC)c(S(F)(F)(F)(F)F)c1C. The van der Waals surface area contributed by atoms with Crippen molar-refractivity contribution in [2.45, 2.75) is 141 Å². The van der Waals surface area contributed by atoms with Crippen LogP contribution < -0.4 is 0 Å². The van der Waals surface area contributed by atoms with E-state index in [1.807, 2.05) is 0 Å². The first-order valence-corrected chi connectivity index (χ1v) is 15.2. The average molecular weight is 499 g/mol. The fraction of sp³-hybridized carbons (Fsp3) is 0.778. The molecule has 0 aliphatic rings. The molecule has 6 heteroatoms. The Balaban J connectivity index is 2.71. The van der Waals surface area contributed by atoms with Crippen LogP contribution in [0, 0.1) is 6.92 Å². The molecule has 0 aromatic heterocycles. The standard InChI is InChI=1S/C27H47F5S/c1-4-6-8-10-12-14-16-18-20-25-22-23-26(21-19-17-15-13-11-9-7-5-2)27(24(25)3)33(28,29,30,31)32/h22-23H,4-21H2,1-3H3. The van der Waals surface area contributed by atoms with E-state index in [1.54, 1.807) is 6.07 Å². The minimum Gasteiger partial charge on any atom is -0.0936 e. The molecule has 0 heterocycles. The zero-order chi connectivity index (χ0) is 24.9. The summed E-state index contributed by atoms with van der Waals surface area (Å²) in [6, 6.07) is 2.98. The van der Waals surface area contributed by atoms with E-state index in [9.17, 15) is 19.4 Å². The van der Waals surface area contributed by atoms with Gasteiger partial charge in [-0.3, -0.25) is 0 Å². The van der Waals surface area contributed by atoms with Gasteiger partial charge in [0.2, 0.25) is 0 Å². The molecule has 0 amide bonds. The van der Waals surface area contributed by atoms with E-state index in [0.29, 0.717) is 18.4 Å². The molecule has 0 fully saturated rings. The minimum absolute atomic E-state index is 0.0643. The molecule has 1 aromatic carbocycles. The van der Waals surface area contributed by atoms with Gasteiger partial charge in [-0.05, 0) is 49.3 Å². The number of hydrogen-bond donors (Lipinski definition) is 0. The Morgan fingerprint density at radius 2 is 0.848 bits per heavy atom. The van der Waals surface area contributed by atoms with Crippen molar-refractivity contribution in [3.05, 3.63) is 28.8 Å². The summed E-state index contributed by atoms with van der Waals surface area (Å²) in [4.78, 5) is -1.60. The van der Waals surface area contributed by atoms with Crippen molar-refractivity contribution in [2.24, 2.45) is 0 Å². The van der Waals surface area contributed by atoms with E-state index in [1.165, 1.54) is 57.9 Å². The van der Waals surface area contributed by atoms with Gasteiger partial charge in [0.25, 0.3) is 0 Å². The molecule has 0 nitrogen and oxygen atoms in total. The first-order valence-electron chi connectivity index (χ1n) is 13.3. The van der Waals surface area contributed by atoms with Gasteiger partial charge >= 0.3 is 10.2 Å². The van der Waals surface area contributed by atoms with Gasteiger partial charge in [0.15, 0.2) is 0 Å². The van der Waals surface area contributed by atoms with Gasteiger partial charge in [-0.25, -0.2) is 0 Å². The van der Waals surface area contributed by atoms with Gasteiger partial charge in [0.1, 0.15) is 4.90 Å². The van der Waals surface area contributed by atoms with Crippen LogP contribution in [0.25, 0.3) is 0 Å². The predicted octanol–water partition coefficient (Wildman–Crippen LogP) is 12.0. The molecule has 0 bridgehead atoms. The fourth-order valence-electron chi connectivity index (χ4n) is 4.69. The fourth-order valence-corrected chi connectivity index (χ4v) is 6.07. The maximum absolute atomic E-state index is 14.0. The monoisotopic (exact) mass is 498 g/mol. The normalized spacial score (nSPS) is 14.3. The maximum atomic E-state index is 14.0. The van der Waals surface area contributed by atoms with E-state index in [0.717, 1.165) is 51.4 Å². The summed E-state index contributed by atoms with van der Waals surface area (Å²) in [5, 5.41) is 0. The van der Waals surface area contributed by atoms with E-state index in [4.69, 9.17) is 0 Å². The molecular weight excluding hydrogens is 451 g/mol. The predicted molar refractivity (Wildman–Crippen MR) is 135 cm³/mol. The van der Waals surface area contributed by atoms with Crippen molar-refractivity contribution in [2.75, 3.05) is 0 Å². The third-order valence-corrected chi connectivity index (χ3v) is 7.92. The molecule has 1 rings (SSSR count). The second kappa shape index (κ2) is 13.3. The van der Waals surface area contributed by atoms with Gasteiger partial charge < -0.3 is 0 Å². The summed E-state index contributed by atoms with van der Waals surface area (Å²) >= 11 is 0. The van der Waals surface area contributed by atoms with Crippen LogP contribution in [0.3, 0.4) is 0 Å². The molecule has 1 aromatic rings. The summed E-state index contributed by atoms with van der Waals surface area (Å²) in [5.74, 6) is 0. The average Bonchev–Trinajstić information content (AvgIpc) is 2.71. The minimum atomic E-state index is -9.75. The van der Waals surface area contributed by atoms with Gasteiger partial charge in [-0.15, -0.1) is 0 Å². The molecule has 0 aliphatic carbocycles. The van der Waals surface area contributed by atoms with Crippen molar-refractivity contribution in [1.82, 2.24) is 0 Å². The highest BCUT2D eigenvalue weighted by Gasteiger charge is 2.67. The lowest BCUT2D eigenvalue weighted by Crippen LogP contribution is -2.13. The van der Waals surface area contributed by atoms with Crippen molar-refractivity contribution in [3.63, 3.8) is 0 Å². The smallest absolute Gasteiger partial charge is 0.0936 e. The third-order valence-electron chi connectivity index (χ3n) is 6.58. The van der Waals surface area contributed by atoms with Crippen LogP contribution in [0.15, 0.2) is 17.0 Å². The maximum Gasteiger partial charge on any atom is 0.310 e. The van der Waals surface area contributed by atoms with Crippen LogP contribution in [0.2, 0.25) is 0 Å². The molecule has 0 atom stereocenters. The molecule has 0 saturated carbocycles. The Morgan fingerprint density at radius 3 is 1.24 bits per heavy atom. The highest BCUT2D eigenvalue weighted by atomic mass is 32.5. The van der Waals surface area contributed by atoms with Gasteiger partial charge in [0, 0.05) is 0 Å². The summed E-state index contributed by atoms with van der Waals surface area (Å²) in [7, 11) is -9.75. The molecule has 0 saturated heterocycles. The van der Waals surface area contributed by atoms with E-state index < -0.39 is 15.1 Å². The van der Waals surface area contributed by atoms with Crippen molar-refractivity contribution < 1.29 is 19.4 Å². The lowest BCUT2D eigenvalue weighted by Gasteiger charge is -2.43. The Morgan fingerprint density at radius 1 is 0.515 bits per heavy atom. The second-order valence-electron chi connectivity index (χ2n) is 9.76. The molecular formula is C27H47F5S. The Kier molecular flexibility index (Phi) is 12.2. The largest absolute Gasteiger partial charge is 0.310 e. The lowest BCUT2D eigenvalue weighted by molar-refractivity contribution is 0.361. The number of rotatable bonds is 19. The molecule has 0 unspecified atom stereocenters. The zero-order valence-electron chi connectivity index (χ0n) is 21.2. The van der Waals surface area contributed by atoms with E-state index in [-0.39, 0.29) is 17.5 Å². The van der Waals surface area contributed by atoms with E-state index in [2.05, 4.69) is 13.8 Å². The van der Waals surface area contributed by atoms with Crippen LogP contribution in [0.4, 0.5) is 19.4 Å². The van der Waals surface area contributed by atoms with Crippen LogP contribution in [0.1, 0.15) is 133 Å². The van der Waals surface area contributed by atoms with Gasteiger partial charge in [-0.2, -0.15) is 0 Å². The van der Waals surface area contributed by atoms with E-state index >= 15 is 0 Å². The van der Waals surface area contributed by atoms with Gasteiger partial charge in [-0.1, -0.05) is 135 Å². The Bertz CT molecular complexity index is 682. The highest BCUT2D eigenvalue weighted by molar-refractivity contribution is 8.45. The Labute approximate surface area is 199 Å². The first kappa shape index (κ1) is 30.3. The van der Waals surface area contributed by atoms with Crippen molar-refractivity contribution in [1.29, 1.82) is 0 Å². The third kappa shape index (κ3) is 12.5. The topological polar surface area (TPSA) is 0 Å². The molecule has 33 heavy (non-hydrogen) atoms. The number of halogens is 5. The number of benzene rings is 1. The van der Waals surface area contributed by atoms with Crippen molar-refractivity contribution >= 4 is 10.2 Å². The first-order chi connectivity index (χ1) is 15.4. The number of aryl methyl sites for hydroxylation is 2. The number of hydrogen-bond acceptors (Lipinski definition) is 0. The molecule has 196 valence electrons. The summed E-state index contributed by atoms with van der Waals surface area (Å²) < 4.78 is 69.9. The zero-order valence-corrected chi connectivity index (χ0v) is 22.0. The van der Waals surface area contributed by atoms with Crippen LogP contribution in [-0.4, -0.2) is 0 Å². The van der Waals surface area contributed by atoms with Crippen LogP contribution >= 0.6 is 10.2 Å². The second-order valence-corrected chi connectivity index (χ2v) is 12.1. The molecule has 0 N–H and O–H groups in total. The van der Waals surface area contributed by atoms with Gasteiger partial charge in [0.05, 0.1) is 0 Å². The number of unbranched alkanes of at least 4 members (excludes halogenated alkanes) is 14. The van der Waals surface area contributed by atoms with Crippen molar-refractivity contribution in [3.8, 4) is 0 Å². The van der Waals surface area contributed by atoms with Crippen LogP contribution in [0.5, 0.6) is 0 Å². The highest BCUT2D eigenvalue weighted by Crippen LogP contribution is 3.02. The molecule has 0 radical (unpaired) electrons. The summed E-state index contributed by atoms with van der Waals surface area (Å²) in [6.45, 7) is 5.56. The summed E-state index contributed by atoms with van der Waals surface area (Å²) in [6.07, 6.45) is 17.2. The lowest BCUT2D eigenvalue weighted by atomic mass is 9.96. The molecule has 0 spiro atoms. The molecule has 0 aliphatic heterocycles. The Hall–Kier alpha value is -0.780. The quantitative estimate of drug-likeness (QED) is 0.131.